The molecule has 0 fully saturated rings. The first-order valence-corrected chi connectivity index (χ1v) is 8.62. The van der Waals surface area contributed by atoms with Crippen molar-refractivity contribution in [2.45, 2.75) is 31.5 Å². The van der Waals surface area contributed by atoms with Crippen molar-refractivity contribution in [1.29, 1.82) is 0 Å². The van der Waals surface area contributed by atoms with Gasteiger partial charge in [0.2, 0.25) is 0 Å². The standard InChI is InChI=1S/C21H18F4N2O/c1-20(13-21(23,24)25,11-14-5-3-2-4-6-14)27-19(28)16-9-15-10-17(22)7-8-18(15)26-12-16/h2-10,12H,11,13H2,1H3,(H,27,28). The van der Waals surface area contributed by atoms with E-state index in [2.05, 4.69) is 10.3 Å². The molecule has 0 aliphatic rings. The maximum Gasteiger partial charge on any atom is 0.391 e. The Morgan fingerprint density at radius 1 is 1.07 bits per heavy atom. The number of carbonyl (C=O) groups excluding carboxylic acids is 1. The number of hydrogen-bond acceptors (Lipinski definition) is 2. The molecule has 0 spiro atoms. The van der Waals surface area contributed by atoms with Crippen LogP contribution < -0.4 is 5.32 Å². The number of rotatable bonds is 5. The second-order valence-corrected chi connectivity index (χ2v) is 7.03. The van der Waals surface area contributed by atoms with Crippen molar-refractivity contribution in [3.8, 4) is 0 Å². The average Bonchev–Trinajstić information content (AvgIpc) is 2.59. The van der Waals surface area contributed by atoms with Crippen LogP contribution in [-0.4, -0.2) is 22.6 Å². The van der Waals surface area contributed by atoms with E-state index < -0.39 is 29.9 Å². The first-order chi connectivity index (χ1) is 13.1. The lowest BCUT2D eigenvalue weighted by Gasteiger charge is -2.32. The van der Waals surface area contributed by atoms with E-state index in [4.69, 9.17) is 0 Å². The SMILES string of the molecule is CC(Cc1ccccc1)(CC(F)(F)F)NC(=O)c1cnc2ccc(F)cc2c1. The van der Waals surface area contributed by atoms with Crippen molar-refractivity contribution in [1.82, 2.24) is 10.3 Å². The van der Waals surface area contributed by atoms with Gasteiger partial charge in [0, 0.05) is 11.6 Å². The summed E-state index contributed by atoms with van der Waals surface area (Å²) in [5.41, 5.74) is -0.318. The minimum atomic E-state index is -4.46. The predicted octanol–water partition coefficient (Wildman–Crippen LogP) is 5.06. The number of pyridine rings is 1. The largest absolute Gasteiger partial charge is 0.391 e. The van der Waals surface area contributed by atoms with Crippen LogP contribution in [0.25, 0.3) is 10.9 Å². The monoisotopic (exact) mass is 390 g/mol. The molecular weight excluding hydrogens is 372 g/mol. The lowest BCUT2D eigenvalue weighted by atomic mass is 9.88. The summed E-state index contributed by atoms with van der Waals surface area (Å²) in [7, 11) is 0. The predicted molar refractivity (Wildman–Crippen MR) is 98.4 cm³/mol. The smallest absolute Gasteiger partial charge is 0.346 e. The fourth-order valence-corrected chi connectivity index (χ4v) is 3.21. The lowest BCUT2D eigenvalue weighted by molar-refractivity contribution is -0.147. The van der Waals surface area contributed by atoms with Gasteiger partial charge in [0.15, 0.2) is 0 Å². The van der Waals surface area contributed by atoms with Crippen molar-refractivity contribution in [2.75, 3.05) is 0 Å². The summed E-state index contributed by atoms with van der Waals surface area (Å²) in [5, 5.41) is 2.90. The van der Waals surface area contributed by atoms with Gasteiger partial charge in [-0.15, -0.1) is 0 Å². The average molecular weight is 390 g/mol. The van der Waals surface area contributed by atoms with Crippen LogP contribution in [0.4, 0.5) is 17.6 Å². The van der Waals surface area contributed by atoms with Crippen LogP contribution >= 0.6 is 0 Å². The third-order valence-electron chi connectivity index (χ3n) is 4.35. The number of amides is 1. The molecule has 0 bridgehead atoms. The molecule has 146 valence electrons. The maximum absolute atomic E-state index is 13.4. The molecule has 2 aromatic carbocycles. The van der Waals surface area contributed by atoms with Crippen molar-refractivity contribution in [3.63, 3.8) is 0 Å². The fourth-order valence-electron chi connectivity index (χ4n) is 3.21. The number of fused-ring (bicyclic) bond motifs is 1. The van der Waals surface area contributed by atoms with E-state index in [0.717, 1.165) is 0 Å². The number of carbonyl (C=O) groups is 1. The Bertz CT molecular complexity index is 989. The zero-order valence-corrected chi connectivity index (χ0v) is 15.1. The summed E-state index contributed by atoms with van der Waals surface area (Å²) in [6.45, 7) is 1.36. The number of alkyl halides is 3. The lowest BCUT2D eigenvalue weighted by Crippen LogP contribution is -2.50. The Kier molecular flexibility index (Phi) is 5.36. The fraction of sp³-hybridized carbons (Fsp3) is 0.238. The third-order valence-corrected chi connectivity index (χ3v) is 4.35. The molecule has 0 aliphatic heterocycles. The van der Waals surface area contributed by atoms with Gasteiger partial charge in [-0.1, -0.05) is 30.3 Å². The molecule has 1 aromatic heterocycles. The Morgan fingerprint density at radius 2 is 1.79 bits per heavy atom. The molecule has 3 rings (SSSR count). The van der Waals surface area contributed by atoms with Crippen molar-refractivity contribution >= 4 is 16.8 Å². The van der Waals surface area contributed by atoms with Gasteiger partial charge in [-0.3, -0.25) is 9.78 Å². The van der Waals surface area contributed by atoms with Crippen molar-refractivity contribution in [3.05, 3.63) is 77.7 Å². The topological polar surface area (TPSA) is 42.0 Å². The van der Waals surface area contributed by atoms with Gasteiger partial charge >= 0.3 is 6.18 Å². The van der Waals surface area contributed by atoms with E-state index >= 15 is 0 Å². The van der Waals surface area contributed by atoms with Gasteiger partial charge in [0.05, 0.1) is 23.0 Å². The third kappa shape index (κ3) is 5.06. The van der Waals surface area contributed by atoms with Crippen molar-refractivity contribution in [2.24, 2.45) is 0 Å². The quantitative estimate of drug-likeness (QED) is 0.619. The summed E-state index contributed by atoms with van der Waals surface area (Å²) in [6.07, 6.45) is -4.36. The number of aromatic nitrogens is 1. The Hall–Kier alpha value is -2.96. The molecule has 1 atom stereocenters. The highest BCUT2D eigenvalue weighted by Crippen LogP contribution is 2.30. The molecule has 28 heavy (non-hydrogen) atoms. The van der Waals surface area contributed by atoms with Crippen LogP contribution in [0.1, 0.15) is 29.3 Å². The minimum Gasteiger partial charge on any atom is -0.346 e. The van der Waals surface area contributed by atoms with E-state index in [9.17, 15) is 22.4 Å². The zero-order chi connectivity index (χ0) is 20.4. The Balaban J connectivity index is 1.88. The summed E-state index contributed by atoms with van der Waals surface area (Å²) in [5.74, 6) is -1.18. The molecule has 3 nitrogen and oxygen atoms in total. The van der Waals surface area contributed by atoms with Gasteiger partial charge < -0.3 is 5.32 Å². The van der Waals surface area contributed by atoms with E-state index in [0.29, 0.717) is 16.5 Å². The van der Waals surface area contributed by atoms with E-state index in [1.165, 1.54) is 37.4 Å². The summed E-state index contributed by atoms with van der Waals surface area (Å²) >= 11 is 0. The van der Waals surface area contributed by atoms with Gasteiger partial charge in [-0.25, -0.2) is 4.39 Å². The van der Waals surface area contributed by atoms with Crippen LogP contribution in [0.2, 0.25) is 0 Å². The maximum atomic E-state index is 13.4. The summed E-state index contributed by atoms with van der Waals surface area (Å²) in [4.78, 5) is 16.7. The van der Waals surface area contributed by atoms with Crippen molar-refractivity contribution < 1.29 is 22.4 Å². The highest BCUT2D eigenvalue weighted by Gasteiger charge is 2.40. The number of halogens is 4. The normalized spacial score (nSPS) is 13.9. The van der Waals surface area contributed by atoms with Crippen LogP contribution in [0.3, 0.4) is 0 Å². The molecule has 1 amide bonds. The molecule has 1 N–H and O–H groups in total. The number of nitrogens with zero attached hydrogens (tertiary/aromatic N) is 1. The highest BCUT2D eigenvalue weighted by atomic mass is 19.4. The zero-order valence-electron chi connectivity index (χ0n) is 15.1. The van der Waals surface area contributed by atoms with E-state index in [1.54, 1.807) is 30.3 Å². The van der Waals surface area contributed by atoms with Crippen LogP contribution in [0, 0.1) is 5.82 Å². The second-order valence-electron chi connectivity index (χ2n) is 7.03. The Morgan fingerprint density at radius 3 is 2.46 bits per heavy atom. The molecule has 3 aromatic rings. The minimum absolute atomic E-state index is 0.00866. The molecule has 0 saturated heterocycles. The molecule has 0 saturated carbocycles. The molecule has 0 radical (unpaired) electrons. The van der Waals surface area contributed by atoms with Gasteiger partial charge in [-0.05, 0) is 43.2 Å². The summed E-state index contributed by atoms with van der Waals surface area (Å²) in [6, 6.07) is 14.0. The number of benzene rings is 2. The van der Waals surface area contributed by atoms with Crippen LogP contribution in [-0.2, 0) is 6.42 Å². The van der Waals surface area contributed by atoms with Crippen LogP contribution in [0.15, 0.2) is 60.8 Å². The molecule has 0 aliphatic carbocycles. The van der Waals surface area contributed by atoms with Gasteiger partial charge in [0.25, 0.3) is 5.91 Å². The first-order valence-electron chi connectivity index (χ1n) is 8.62. The van der Waals surface area contributed by atoms with Gasteiger partial charge in [0.1, 0.15) is 5.82 Å². The molecule has 7 heteroatoms. The van der Waals surface area contributed by atoms with Crippen LogP contribution in [0.5, 0.6) is 0 Å². The number of hydrogen-bond donors (Lipinski definition) is 1. The molecule has 1 heterocycles. The Labute approximate surface area is 159 Å². The van der Waals surface area contributed by atoms with E-state index in [-0.39, 0.29) is 12.0 Å². The molecule has 1 unspecified atom stereocenters. The summed E-state index contributed by atoms with van der Waals surface area (Å²) < 4.78 is 52.9. The first kappa shape index (κ1) is 19.8. The van der Waals surface area contributed by atoms with Gasteiger partial charge in [-0.2, -0.15) is 13.2 Å². The molecular formula is C21H18F4N2O. The second kappa shape index (κ2) is 7.58. The number of nitrogens with one attached hydrogen (secondary N) is 1. The highest BCUT2D eigenvalue weighted by molar-refractivity contribution is 5.97. The van der Waals surface area contributed by atoms with E-state index in [1.807, 2.05) is 0 Å².